The first-order valence-corrected chi connectivity index (χ1v) is 5.66. The Morgan fingerprint density at radius 3 is 2.73 bits per heavy atom. The van der Waals surface area contributed by atoms with Gasteiger partial charge in [0.2, 0.25) is 0 Å². The van der Waals surface area contributed by atoms with Gasteiger partial charge in [-0.3, -0.25) is 0 Å². The number of carbonyl (C=O) groups excluding carboxylic acids is 1. The molecule has 2 N–H and O–H groups in total. The van der Waals surface area contributed by atoms with Gasteiger partial charge in [-0.2, -0.15) is 0 Å². The van der Waals surface area contributed by atoms with Gasteiger partial charge in [-0.1, -0.05) is 0 Å². The molecule has 0 bridgehead atoms. The zero-order valence-electron chi connectivity index (χ0n) is 9.67. The standard InChI is InChI=1S/C11H20N2O2/c1-11(2,3)15-10(14)13-6-9-8-4-7(8)5-12-9/h7-9,12H,4-6H2,1-3H3,(H,13,14)/t7-,8+,9+/m1/s1. The summed E-state index contributed by atoms with van der Waals surface area (Å²) >= 11 is 0. The average molecular weight is 212 g/mol. The first kappa shape index (κ1) is 10.7. The number of carbonyl (C=O) groups is 1. The number of ether oxygens (including phenoxy) is 1. The first-order valence-electron chi connectivity index (χ1n) is 5.66. The number of piperidine rings is 1. The van der Waals surface area contributed by atoms with Gasteiger partial charge in [0, 0.05) is 12.6 Å². The SMILES string of the molecule is CC(C)(C)OC(=O)NC[C@@H]1NC[C@H]2C[C@@H]21. The van der Waals surface area contributed by atoms with Crippen LogP contribution < -0.4 is 10.6 Å². The van der Waals surface area contributed by atoms with Crippen molar-refractivity contribution in [3.05, 3.63) is 0 Å². The molecule has 86 valence electrons. The van der Waals surface area contributed by atoms with Gasteiger partial charge in [0.25, 0.3) is 0 Å². The van der Waals surface area contributed by atoms with Crippen LogP contribution in [-0.4, -0.2) is 30.8 Å². The van der Waals surface area contributed by atoms with Crippen molar-refractivity contribution in [1.29, 1.82) is 0 Å². The van der Waals surface area contributed by atoms with Crippen molar-refractivity contribution in [1.82, 2.24) is 10.6 Å². The second kappa shape index (κ2) is 3.67. The second-order valence-electron chi connectivity index (χ2n) is 5.56. The van der Waals surface area contributed by atoms with Gasteiger partial charge < -0.3 is 15.4 Å². The summed E-state index contributed by atoms with van der Waals surface area (Å²) in [7, 11) is 0. The molecule has 1 saturated carbocycles. The van der Waals surface area contributed by atoms with Crippen molar-refractivity contribution >= 4 is 6.09 Å². The Bertz CT molecular complexity index is 260. The van der Waals surface area contributed by atoms with Crippen LogP contribution >= 0.6 is 0 Å². The van der Waals surface area contributed by atoms with E-state index in [4.69, 9.17) is 4.74 Å². The van der Waals surface area contributed by atoms with Crippen molar-refractivity contribution in [2.45, 2.75) is 38.8 Å². The molecule has 3 atom stereocenters. The van der Waals surface area contributed by atoms with Crippen LogP contribution in [0, 0.1) is 11.8 Å². The van der Waals surface area contributed by atoms with Crippen LogP contribution in [-0.2, 0) is 4.74 Å². The Hall–Kier alpha value is -0.770. The predicted octanol–water partition coefficient (Wildman–Crippen LogP) is 1.12. The van der Waals surface area contributed by atoms with E-state index in [2.05, 4.69) is 10.6 Å². The lowest BCUT2D eigenvalue weighted by molar-refractivity contribution is 0.0522. The maximum absolute atomic E-state index is 11.4. The fourth-order valence-electron chi connectivity index (χ4n) is 2.18. The number of amides is 1. The molecule has 0 aromatic rings. The summed E-state index contributed by atoms with van der Waals surface area (Å²) in [6.45, 7) is 7.42. The Morgan fingerprint density at radius 2 is 2.27 bits per heavy atom. The summed E-state index contributed by atoms with van der Waals surface area (Å²) in [6.07, 6.45) is 1.02. The summed E-state index contributed by atoms with van der Waals surface area (Å²) in [4.78, 5) is 11.4. The van der Waals surface area contributed by atoms with Crippen molar-refractivity contribution in [2.75, 3.05) is 13.1 Å². The van der Waals surface area contributed by atoms with Crippen LogP contribution in [0.1, 0.15) is 27.2 Å². The maximum Gasteiger partial charge on any atom is 0.407 e. The highest BCUT2D eigenvalue weighted by Gasteiger charge is 2.47. The summed E-state index contributed by atoms with van der Waals surface area (Å²) in [6, 6.07) is 0.461. The van der Waals surface area contributed by atoms with Crippen molar-refractivity contribution < 1.29 is 9.53 Å². The van der Waals surface area contributed by atoms with Gasteiger partial charge in [-0.05, 0) is 45.6 Å². The molecule has 0 aromatic carbocycles. The molecule has 2 fully saturated rings. The highest BCUT2D eigenvalue weighted by atomic mass is 16.6. The Kier molecular flexibility index (Phi) is 2.63. The van der Waals surface area contributed by atoms with Crippen LogP contribution in [0.2, 0.25) is 0 Å². The van der Waals surface area contributed by atoms with Gasteiger partial charge >= 0.3 is 6.09 Å². The fraction of sp³-hybridized carbons (Fsp3) is 0.909. The van der Waals surface area contributed by atoms with Crippen molar-refractivity contribution in [3.8, 4) is 0 Å². The number of rotatable bonds is 2. The zero-order valence-corrected chi connectivity index (χ0v) is 9.67. The normalized spacial score (nSPS) is 33.4. The summed E-state index contributed by atoms with van der Waals surface area (Å²) in [5.74, 6) is 1.66. The minimum absolute atomic E-state index is 0.312. The molecule has 1 saturated heterocycles. The van der Waals surface area contributed by atoms with E-state index in [0.29, 0.717) is 12.6 Å². The van der Waals surface area contributed by atoms with Gasteiger partial charge in [0.1, 0.15) is 5.60 Å². The van der Waals surface area contributed by atoms with E-state index in [0.717, 1.165) is 18.4 Å². The molecule has 1 amide bonds. The first-order chi connectivity index (χ1) is 6.96. The molecule has 1 aliphatic heterocycles. The van der Waals surface area contributed by atoms with Crippen LogP contribution in [0.25, 0.3) is 0 Å². The quantitative estimate of drug-likeness (QED) is 0.721. The minimum Gasteiger partial charge on any atom is -0.444 e. The van der Waals surface area contributed by atoms with E-state index in [1.165, 1.54) is 6.42 Å². The van der Waals surface area contributed by atoms with Gasteiger partial charge in [0.05, 0.1) is 0 Å². The third kappa shape index (κ3) is 2.84. The molecule has 0 radical (unpaired) electrons. The lowest BCUT2D eigenvalue weighted by atomic mass is 10.2. The van der Waals surface area contributed by atoms with E-state index in [9.17, 15) is 4.79 Å². The van der Waals surface area contributed by atoms with Crippen molar-refractivity contribution in [3.63, 3.8) is 0 Å². The molecule has 2 aliphatic rings. The average Bonchev–Trinajstić information content (AvgIpc) is 2.74. The molecular formula is C11H20N2O2. The lowest BCUT2D eigenvalue weighted by Gasteiger charge is -2.21. The fourth-order valence-corrected chi connectivity index (χ4v) is 2.18. The number of fused-ring (bicyclic) bond motifs is 1. The van der Waals surface area contributed by atoms with Crippen LogP contribution in [0.4, 0.5) is 4.79 Å². The summed E-state index contributed by atoms with van der Waals surface area (Å²) < 4.78 is 5.17. The molecule has 0 unspecified atom stereocenters. The Morgan fingerprint density at radius 1 is 1.53 bits per heavy atom. The van der Waals surface area contributed by atoms with E-state index < -0.39 is 5.60 Å². The highest BCUT2D eigenvalue weighted by molar-refractivity contribution is 5.67. The van der Waals surface area contributed by atoms with Crippen molar-refractivity contribution in [2.24, 2.45) is 11.8 Å². The summed E-state index contributed by atoms with van der Waals surface area (Å²) in [5.41, 5.74) is -0.407. The predicted molar refractivity (Wildman–Crippen MR) is 57.6 cm³/mol. The van der Waals surface area contributed by atoms with Crippen LogP contribution in [0.5, 0.6) is 0 Å². The highest BCUT2D eigenvalue weighted by Crippen LogP contribution is 2.44. The molecule has 1 heterocycles. The van der Waals surface area contributed by atoms with Gasteiger partial charge in [0.15, 0.2) is 0 Å². The topological polar surface area (TPSA) is 50.4 Å². The molecule has 0 spiro atoms. The number of nitrogens with one attached hydrogen (secondary N) is 2. The minimum atomic E-state index is -0.407. The largest absolute Gasteiger partial charge is 0.444 e. The van der Waals surface area contributed by atoms with E-state index in [1.54, 1.807) is 0 Å². The van der Waals surface area contributed by atoms with Crippen LogP contribution in [0.15, 0.2) is 0 Å². The molecule has 4 heteroatoms. The van der Waals surface area contributed by atoms with Gasteiger partial charge in [-0.25, -0.2) is 4.79 Å². The van der Waals surface area contributed by atoms with Gasteiger partial charge in [-0.15, -0.1) is 0 Å². The van der Waals surface area contributed by atoms with E-state index in [1.807, 2.05) is 20.8 Å². The third-order valence-corrected chi connectivity index (χ3v) is 3.00. The smallest absolute Gasteiger partial charge is 0.407 e. The lowest BCUT2D eigenvalue weighted by Crippen LogP contribution is -2.41. The Labute approximate surface area is 90.8 Å². The molecule has 0 aromatic heterocycles. The summed E-state index contributed by atoms with van der Waals surface area (Å²) in [5, 5.41) is 6.22. The maximum atomic E-state index is 11.4. The molecule has 2 rings (SSSR count). The van der Waals surface area contributed by atoms with E-state index >= 15 is 0 Å². The monoisotopic (exact) mass is 212 g/mol. The Balaban J connectivity index is 1.67. The molecule has 15 heavy (non-hydrogen) atoms. The van der Waals surface area contributed by atoms with E-state index in [-0.39, 0.29) is 6.09 Å². The van der Waals surface area contributed by atoms with Crippen LogP contribution in [0.3, 0.4) is 0 Å². The molecular weight excluding hydrogens is 192 g/mol. The second-order valence-corrected chi connectivity index (χ2v) is 5.56. The number of alkyl carbamates (subject to hydrolysis) is 1. The molecule has 4 nitrogen and oxygen atoms in total. The number of hydrogen-bond acceptors (Lipinski definition) is 3. The zero-order chi connectivity index (χ0) is 11.1. The third-order valence-electron chi connectivity index (χ3n) is 3.00. The number of hydrogen-bond donors (Lipinski definition) is 2. The molecule has 1 aliphatic carbocycles.